The summed E-state index contributed by atoms with van der Waals surface area (Å²) >= 11 is 0. The van der Waals surface area contributed by atoms with Crippen molar-refractivity contribution in [1.29, 1.82) is 0 Å². The number of aryl methyl sites for hydroxylation is 1. The maximum absolute atomic E-state index is 13.1. The van der Waals surface area contributed by atoms with Gasteiger partial charge >= 0.3 is 0 Å². The molecule has 3 rings (SSSR count). The Hall–Kier alpha value is -2.38. The average Bonchev–Trinajstić information content (AvgIpc) is 3.04. The first-order chi connectivity index (χ1) is 14.0. The lowest BCUT2D eigenvalue weighted by atomic mass is 10.1. The second-order valence-corrected chi connectivity index (χ2v) is 9.12. The van der Waals surface area contributed by atoms with Crippen molar-refractivity contribution in [3.63, 3.8) is 0 Å². The van der Waals surface area contributed by atoms with E-state index >= 15 is 0 Å². The number of carbonyl (C=O) groups is 1. The lowest BCUT2D eigenvalue weighted by molar-refractivity contribution is 0.102. The molecule has 156 valence electrons. The molecule has 1 heterocycles. The molecule has 1 aliphatic rings. The summed E-state index contributed by atoms with van der Waals surface area (Å²) in [6, 6.07) is 12.0. The first-order valence-corrected chi connectivity index (χ1v) is 11.5. The van der Waals surface area contributed by atoms with Crippen LogP contribution < -0.4 is 10.1 Å². The second kappa shape index (κ2) is 9.41. The highest BCUT2D eigenvalue weighted by atomic mass is 32.2. The van der Waals surface area contributed by atoms with Gasteiger partial charge in [-0.25, -0.2) is 8.42 Å². The fourth-order valence-electron chi connectivity index (χ4n) is 3.48. The summed E-state index contributed by atoms with van der Waals surface area (Å²) in [7, 11) is -2.19. The normalized spacial score (nSPS) is 15.5. The van der Waals surface area contributed by atoms with Gasteiger partial charge in [0, 0.05) is 18.8 Å². The number of methoxy groups -OCH3 is 1. The molecule has 0 spiro atoms. The summed E-state index contributed by atoms with van der Waals surface area (Å²) in [4.78, 5) is 13.0. The van der Waals surface area contributed by atoms with Gasteiger partial charge in [0.2, 0.25) is 10.0 Å². The van der Waals surface area contributed by atoms with Crippen molar-refractivity contribution in [1.82, 2.24) is 4.31 Å². The number of carbonyl (C=O) groups excluding carboxylic acids is 1. The van der Waals surface area contributed by atoms with Crippen molar-refractivity contribution in [2.75, 3.05) is 25.5 Å². The van der Waals surface area contributed by atoms with Gasteiger partial charge in [-0.05, 0) is 55.2 Å². The molecule has 2 aromatic carbocycles. The first kappa shape index (κ1) is 21.3. The predicted octanol–water partition coefficient (Wildman–Crippen LogP) is 4.07. The van der Waals surface area contributed by atoms with E-state index in [1.807, 2.05) is 24.3 Å². The number of hydrogen-bond donors (Lipinski definition) is 1. The molecule has 29 heavy (non-hydrogen) atoms. The standard InChI is InChI=1S/C22H28N2O4S/c1-3-17-8-10-18(11-9-17)23-22(25)20-16-19(12-13-21(20)28-2)29(26,27)24-14-6-4-5-7-15-24/h8-13,16H,3-7,14-15H2,1-2H3,(H,23,25). The average molecular weight is 417 g/mol. The lowest BCUT2D eigenvalue weighted by Gasteiger charge is -2.20. The Morgan fingerprint density at radius 3 is 2.28 bits per heavy atom. The third-order valence-corrected chi connectivity index (χ3v) is 7.13. The summed E-state index contributed by atoms with van der Waals surface area (Å²) in [5.74, 6) is -0.0680. The highest BCUT2D eigenvalue weighted by Crippen LogP contribution is 2.27. The maximum Gasteiger partial charge on any atom is 0.259 e. The number of ether oxygens (including phenoxy) is 1. The zero-order chi connectivity index (χ0) is 20.9. The number of amides is 1. The Bertz CT molecular complexity index is 947. The topological polar surface area (TPSA) is 75.7 Å². The van der Waals surface area contributed by atoms with Gasteiger partial charge < -0.3 is 10.1 Å². The van der Waals surface area contributed by atoms with Crippen LogP contribution in [0.5, 0.6) is 5.75 Å². The van der Waals surface area contributed by atoms with Crippen LogP contribution >= 0.6 is 0 Å². The van der Waals surface area contributed by atoms with E-state index in [4.69, 9.17) is 4.74 Å². The number of benzene rings is 2. The first-order valence-electron chi connectivity index (χ1n) is 10.0. The zero-order valence-electron chi connectivity index (χ0n) is 17.0. The third kappa shape index (κ3) is 4.97. The van der Waals surface area contributed by atoms with Gasteiger partial charge in [0.1, 0.15) is 5.75 Å². The van der Waals surface area contributed by atoms with E-state index in [2.05, 4.69) is 12.2 Å². The van der Waals surface area contributed by atoms with Crippen molar-refractivity contribution < 1.29 is 17.9 Å². The van der Waals surface area contributed by atoms with E-state index in [0.29, 0.717) is 24.5 Å². The quantitative estimate of drug-likeness (QED) is 0.770. The molecule has 2 aromatic rings. The van der Waals surface area contributed by atoms with Gasteiger partial charge in [-0.1, -0.05) is 31.9 Å². The Morgan fingerprint density at radius 1 is 1.03 bits per heavy atom. The molecular weight excluding hydrogens is 388 g/mol. The molecular formula is C22H28N2O4S. The molecule has 1 N–H and O–H groups in total. The van der Waals surface area contributed by atoms with E-state index in [0.717, 1.165) is 32.1 Å². The monoisotopic (exact) mass is 416 g/mol. The summed E-state index contributed by atoms with van der Waals surface area (Å²) in [6.45, 7) is 3.09. The molecule has 1 aliphatic heterocycles. The lowest BCUT2D eigenvalue weighted by Crippen LogP contribution is -2.32. The van der Waals surface area contributed by atoms with Crippen molar-refractivity contribution in [2.45, 2.75) is 43.9 Å². The summed E-state index contributed by atoms with van der Waals surface area (Å²) in [5.41, 5.74) is 2.02. The summed E-state index contributed by atoms with van der Waals surface area (Å²) in [5, 5.41) is 2.83. The summed E-state index contributed by atoms with van der Waals surface area (Å²) < 4.78 is 33.0. The minimum absolute atomic E-state index is 0.117. The Kier molecular flexibility index (Phi) is 6.92. The molecule has 0 aromatic heterocycles. The number of nitrogens with one attached hydrogen (secondary N) is 1. The van der Waals surface area contributed by atoms with Crippen LogP contribution in [0.4, 0.5) is 5.69 Å². The molecule has 0 radical (unpaired) electrons. The molecule has 1 fully saturated rings. The van der Waals surface area contributed by atoms with E-state index < -0.39 is 15.9 Å². The van der Waals surface area contributed by atoms with Crippen molar-refractivity contribution >= 4 is 21.6 Å². The van der Waals surface area contributed by atoms with Gasteiger partial charge in [-0.2, -0.15) is 4.31 Å². The molecule has 0 saturated carbocycles. The second-order valence-electron chi connectivity index (χ2n) is 7.18. The van der Waals surface area contributed by atoms with Gasteiger partial charge in [0.25, 0.3) is 5.91 Å². The van der Waals surface area contributed by atoms with Crippen LogP contribution in [-0.2, 0) is 16.4 Å². The highest BCUT2D eigenvalue weighted by molar-refractivity contribution is 7.89. The van der Waals surface area contributed by atoms with E-state index in [1.165, 1.54) is 29.1 Å². The largest absolute Gasteiger partial charge is 0.496 e. The molecule has 6 nitrogen and oxygen atoms in total. The van der Waals surface area contributed by atoms with Crippen LogP contribution in [0.25, 0.3) is 0 Å². The molecule has 1 saturated heterocycles. The fraction of sp³-hybridized carbons (Fsp3) is 0.409. The third-order valence-electron chi connectivity index (χ3n) is 5.24. The number of anilines is 1. The minimum Gasteiger partial charge on any atom is -0.496 e. The molecule has 7 heteroatoms. The van der Waals surface area contributed by atoms with Crippen LogP contribution in [0.2, 0.25) is 0 Å². The van der Waals surface area contributed by atoms with Gasteiger partial charge in [0.05, 0.1) is 17.6 Å². The van der Waals surface area contributed by atoms with Crippen LogP contribution in [0.15, 0.2) is 47.4 Å². The molecule has 1 amide bonds. The maximum atomic E-state index is 13.1. The minimum atomic E-state index is -3.65. The number of sulfonamides is 1. The highest BCUT2D eigenvalue weighted by Gasteiger charge is 2.27. The molecule has 0 atom stereocenters. The van der Waals surface area contributed by atoms with Crippen LogP contribution in [0.3, 0.4) is 0 Å². The number of rotatable bonds is 6. The van der Waals surface area contributed by atoms with Gasteiger partial charge in [-0.3, -0.25) is 4.79 Å². The van der Waals surface area contributed by atoms with E-state index in [-0.39, 0.29) is 10.5 Å². The van der Waals surface area contributed by atoms with Crippen LogP contribution in [0, 0.1) is 0 Å². The van der Waals surface area contributed by atoms with E-state index in [1.54, 1.807) is 6.07 Å². The Morgan fingerprint density at radius 2 is 1.69 bits per heavy atom. The molecule has 0 aliphatic carbocycles. The van der Waals surface area contributed by atoms with Crippen LogP contribution in [-0.4, -0.2) is 38.8 Å². The van der Waals surface area contributed by atoms with Gasteiger partial charge in [0.15, 0.2) is 0 Å². The Labute approximate surface area is 172 Å². The number of hydrogen-bond acceptors (Lipinski definition) is 4. The SMILES string of the molecule is CCc1ccc(NC(=O)c2cc(S(=O)(=O)N3CCCCCC3)ccc2OC)cc1. The van der Waals surface area contributed by atoms with Crippen molar-refractivity contribution in [3.8, 4) is 5.75 Å². The smallest absolute Gasteiger partial charge is 0.259 e. The molecule has 0 unspecified atom stereocenters. The van der Waals surface area contributed by atoms with Crippen LogP contribution in [0.1, 0.15) is 48.5 Å². The fourth-order valence-corrected chi connectivity index (χ4v) is 5.02. The Balaban J connectivity index is 1.88. The predicted molar refractivity (Wildman–Crippen MR) is 114 cm³/mol. The van der Waals surface area contributed by atoms with Gasteiger partial charge in [-0.15, -0.1) is 0 Å². The summed E-state index contributed by atoms with van der Waals surface area (Å²) in [6.07, 6.45) is 4.71. The number of nitrogens with zero attached hydrogens (tertiary/aromatic N) is 1. The van der Waals surface area contributed by atoms with Crippen molar-refractivity contribution in [3.05, 3.63) is 53.6 Å². The zero-order valence-corrected chi connectivity index (χ0v) is 17.8. The molecule has 0 bridgehead atoms. The van der Waals surface area contributed by atoms with E-state index in [9.17, 15) is 13.2 Å². The van der Waals surface area contributed by atoms with Crippen molar-refractivity contribution in [2.24, 2.45) is 0 Å².